The molecule has 0 radical (unpaired) electrons. The lowest BCUT2D eigenvalue weighted by molar-refractivity contribution is -0.0980. The maximum Gasteiger partial charge on any atom is 0.115 e. The second-order valence-electron chi connectivity index (χ2n) is 1.34. The fourth-order valence-corrected chi connectivity index (χ4v) is 0.428. The van der Waals surface area contributed by atoms with Crippen LogP contribution in [0.4, 0.5) is 0 Å². The number of para-hydroxylation sites is 1. The highest BCUT2D eigenvalue weighted by molar-refractivity contribution is 5.18. The Morgan fingerprint density at radius 1 is 1.09 bits per heavy atom. The van der Waals surface area contributed by atoms with E-state index in [4.69, 9.17) is 9.90 Å². The summed E-state index contributed by atoms with van der Waals surface area (Å²) >= 11 is 0. The van der Waals surface area contributed by atoms with Gasteiger partial charge in [-0.3, -0.25) is 0 Å². The van der Waals surface area contributed by atoms with Crippen LogP contribution < -0.4 is 18.6 Å². The quantitative estimate of drug-likeness (QED) is 0.511. The summed E-state index contributed by atoms with van der Waals surface area (Å²) in [7, 11) is 0. The van der Waals surface area contributed by atoms with Crippen LogP contribution in [-0.2, 0) is 4.79 Å². The largest absolute Gasteiger partial charge is 1.00 e. The molecule has 0 aliphatic rings. The van der Waals surface area contributed by atoms with E-state index in [2.05, 4.69) is 0 Å². The van der Waals surface area contributed by atoms with Gasteiger partial charge in [-0.15, -0.1) is 0 Å². The summed E-state index contributed by atoms with van der Waals surface area (Å²) in [5.41, 5.74) is 0. The number of phenols is 1. The van der Waals surface area contributed by atoms with Gasteiger partial charge in [-0.25, -0.2) is 0 Å². The average Bonchev–Trinajstić information content (AvgIpc) is 1.94. The van der Waals surface area contributed by atoms with Gasteiger partial charge >= 0.3 is 0 Å². The Morgan fingerprint density at radius 2 is 1.45 bits per heavy atom. The highest BCUT2D eigenvalue weighted by atomic mass is 35.5. The molecule has 0 bridgehead atoms. The standard InChI is InChI=1S/C6H6O.CH2O.ClH.H3N/c7-6-4-2-1-3-5-6;1-2;;/h1-5,7H;1H2;1H;1H3. The second kappa shape index (κ2) is 11.7. The molecule has 0 unspecified atom stereocenters. The molecule has 0 heterocycles. The smallest absolute Gasteiger partial charge is 0.115 e. The second-order valence-corrected chi connectivity index (χ2v) is 1.34. The summed E-state index contributed by atoms with van der Waals surface area (Å²) in [5.74, 6) is 0.322. The van der Waals surface area contributed by atoms with Crippen LogP contribution in [0.5, 0.6) is 5.75 Å². The molecule has 0 aromatic heterocycles. The molecule has 0 atom stereocenters. The third-order valence-corrected chi connectivity index (χ3v) is 0.756. The van der Waals surface area contributed by atoms with Crippen LogP contribution in [0.2, 0.25) is 0 Å². The highest BCUT2D eigenvalue weighted by Gasteiger charge is 1.74. The number of benzene rings is 1. The summed E-state index contributed by atoms with van der Waals surface area (Å²) in [6.07, 6.45) is 0. The Kier molecular flexibility index (Phi) is 17.5. The summed E-state index contributed by atoms with van der Waals surface area (Å²) in [6.45, 7) is 2.00. The predicted octanol–water partition coefficient (Wildman–Crippen LogP) is -1.41. The van der Waals surface area contributed by atoms with Gasteiger partial charge < -0.3 is 28.5 Å². The highest BCUT2D eigenvalue weighted by Crippen LogP contribution is 2.02. The average molecular weight is 178 g/mol. The van der Waals surface area contributed by atoms with E-state index in [-0.39, 0.29) is 18.6 Å². The molecule has 0 saturated carbocycles. The monoisotopic (exact) mass is 177 g/mol. The molecule has 3 nitrogen and oxygen atoms in total. The van der Waals surface area contributed by atoms with Crippen LogP contribution >= 0.6 is 0 Å². The van der Waals surface area contributed by atoms with Crippen molar-refractivity contribution in [2.24, 2.45) is 0 Å². The fourth-order valence-electron chi connectivity index (χ4n) is 0.428. The first-order valence-corrected chi connectivity index (χ1v) is 2.42. The first-order valence-electron chi connectivity index (χ1n) is 2.42. The zero-order valence-electron chi connectivity index (χ0n) is 6.33. The number of halogens is 1. The molecular weight excluding hydrogens is 166 g/mol. The van der Waals surface area contributed by atoms with Crippen molar-refractivity contribution in [1.29, 1.82) is 0 Å². The fraction of sp³-hybridized carbons (Fsp3) is 0. The molecule has 0 amide bonds. The molecule has 1 rings (SSSR count). The van der Waals surface area contributed by atoms with Crippen LogP contribution in [0.1, 0.15) is 0 Å². The minimum Gasteiger partial charge on any atom is -1.00 e. The minimum absolute atomic E-state index is 0. The zero-order chi connectivity index (χ0) is 7.11. The predicted molar refractivity (Wildman–Crippen MR) is 41.2 cm³/mol. The van der Waals surface area contributed by atoms with Crippen molar-refractivity contribution >= 4 is 6.79 Å². The SMILES string of the molecule is C=O.Oc1ccccc1.[Cl-].[NH4+]. The van der Waals surface area contributed by atoms with Crippen LogP contribution in [0, 0.1) is 0 Å². The van der Waals surface area contributed by atoms with Gasteiger partial charge in [0.2, 0.25) is 0 Å². The molecular formula is C7H12ClNO2. The summed E-state index contributed by atoms with van der Waals surface area (Å²) in [5, 5.41) is 8.63. The number of carbonyl (C=O) groups is 1. The minimum atomic E-state index is 0. The maximum atomic E-state index is 8.63. The van der Waals surface area contributed by atoms with Crippen LogP contribution in [0.25, 0.3) is 0 Å². The van der Waals surface area contributed by atoms with Crippen LogP contribution in [0.15, 0.2) is 30.3 Å². The summed E-state index contributed by atoms with van der Waals surface area (Å²) in [6, 6.07) is 8.71. The lowest BCUT2D eigenvalue weighted by atomic mass is 10.3. The van der Waals surface area contributed by atoms with E-state index in [9.17, 15) is 0 Å². The van der Waals surface area contributed by atoms with Crippen molar-refractivity contribution in [3.05, 3.63) is 30.3 Å². The van der Waals surface area contributed by atoms with Crippen molar-refractivity contribution in [2.45, 2.75) is 0 Å². The summed E-state index contributed by atoms with van der Waals surface area (Å²) < 4.78 is 0. The van der Waals surface area contributed by atoms with E-state index >= 15 is 0 Å². The molecule has 0 saturated heterocycles. The third kappa shape index (κ3) is 8.94. The zero-order valence-corrected chi connectivity index (χ0v) is 7.08. The van der Waals surface area contributed by atoms with Gasteiger partial charge in [-0.2, -0.15) is 0 Å². The number of quaternary nitrogens is 1. The van der Waals surface area contributed by atoms with Gasteiger partial charge in [0.05, 0.1) is 0 Å². The first kappa shape index (κ1) is 16.5. The van der Waals surface area contributed by atoms with Gasteiger partial charge in [0, 0.05) is 0 Å². The van der Waals surface area contributed by atoms with Gasteiger partial charge in [0.1, 0.15) is 12.5 Å². The van der Waals surface area contributed by atoms with Gasteiger partial charge in [-0.1, -0.05) is 18.2 Å². The van der Waals surface area contributed by atoms with E-state index in [0.29, 0.717) is 5.75 Å². The lowest BCUT2D eigenvalue weighted by Gasteiger charge is -1.82. The topological polar surface area (TPSA) is 73.8 Å². The van der Waals surface area contributed by atoms with Crippen molar-refractivity contribution in [3.63, 3.8) is 0 Å². The molecule has 1 aromatic rings. The van der Waals surface area contributed by atoms with Crippen molar-refractivity contribution in [2.75, 3.05) is 0 Å². The van der Waals surface area contributed by atoms with Crippen LogP contribution in [0.3, 0.4) is 0 Å². The molecule has 11 heavy (non-hydrogen) atoms. The molecule has 4 heteroatoms. The summed E-state index contributed by atoms with van der Waals surface area (Å²) in [4.78, 5) is 8.00. The van der Waals surface area contributed by atoms with E-state index in [1.807, 2.05) is 12.9 Å². The van der Waals surface area contributed by atoms with E-state index in [1.165, 1.54) is 0 Å². The number of carbonyl (C=O) groups excluding carboxylic acids is 1. The normalized spacial score (nSPS) is 5.82. The third-order valence-electron chi connectivity index (χ3n) is 0.756. The van der Waals surface area contributed by atoms with Crippen LogP contribution in [-0.4, -0.2) is 11.9 Å². The van der Waals surface area contributed by atoms with Crippen molar-refractivity contribution in [1.82, 2.24) is 6.15 Å². The number of aromatic hydroxyl groups is 1. The van der Waals surface area contributed by atoms with E-state index in [1.54, 1.807) is 24.3 Å². The Morgan fingerprint density at radius 3 is 1.64 bits per heavy atom. The number of rotatable bonds is 0. The van der Waals surface area contributed by atoms with E-state index < -0.39 is 0 Å². The maximum absolute atomic E-state index is 8.63. The Balaban J connectivity index is -0.000000149. The molecule has 0 aliphatic heterocycles. The Bertz CT molecular complexity index is 158. The van der Waals surface area contributed by atoms with Gasteiger partial charge in [0.25, 0.3) is 0 Å². The number of hydrogen-bond acceptors (Lipinski definition) is 2. The molecule has 1 aromatic carbocycles. The lowest BCUT2D eigenvalue weighted by Crippen LogP contribution is -3.00. The van der Waals surface area contributed by atoms with Crippen molar-refractivity contribution < 1.29 is 22.3 Å². The molecule has 0 spiro atoms. The molecule has 0 fully saturated rings. The Hall–Kier alpha value is -1.06. The first-order chi connectivity index (χ1) is 4.39. The van der Waals surface area contributed by atoms with Crippen molar-refractivity contribution in [3.8, 4) is 5.75 Å². The molecule has 5 N–H and O–H groups in total. The van der Waals surface area contributed by atoms with E-state index in [0.717, 1.165) is 0 Å². The number of hydrogen-bond donors (Lipinski definition) is 2. The molecule has 64 valence electrons. The molecule has 0 aliphatic carbocycles. The number of phenolic OH excluding ortho intramolecular Hbond substituents is 1. The Labute approximate surface area is 72.0 Å². The van der Waals surface area contributed by atoms with Gasteiger partial charge in [-0.05, 0) is 12.1 Å². The van der Waals surface area contributed by atoms with Gasteiger partial charge in [0.15, 0.2) is 0 Å².